The van der Waals surface area contributed by atoms with Crippen LogP contribution < -0.4 is 5.32 Å². The molecule has 224 valence electrons. The lowest BCUT2D eigenvalue weighted by Gasteiger charge is -2.26. The normalized spacial score (nSPS) is 14.3. The minimum atomic E-state index is -1.16. The van der Waals surface area contributed by atoms with Crippen molar-refractivity contribution < 1.29 is 20.1 Å². The number of hydrogen-bond donors (Lipinski definition) is 4. The standard InChI is InChI=1S/C33H63NO4/c1-3-5-7-9-11-13-15-16-18-20-22-24-26-28-32(37)34-30(29-35)33(38)31(36)27-25-23-21-19-17-14-12-10-8-6-4-2/h10,12,19,21,30-31,33,35-36,38H,3-9,11,13-18,20,22-29H2,1-2H3,(H,34,37)/b12-10+,21-19+. The molecule has 0 aromatic rings. The molecule has 4 N–H and O–H groups in total. The molecule has 38 heavy (non-hydrogen) atoms. The molecular weight excluding hydrogens is 474 g/mol. The van der Waals surface area contributed by atoms with Gasteiger partial charge in [0.2, 0.25) is 5.91 Å². The van der Waals surface area contributed by atoms with Gasteiger partial charge < -0.3 is 20.6 Å². The number of aliphatic hydroxyl groups excluding tert-OH is 3. The second-order valence-corrected chi connectivity index (χ2v) is 11.0. The van der Waals surface area contributed by atoms with Gasteiger partial charge in [-0.2, -0.15) is 0 Å². The Balaban J connectivity index is 3.80. The molecule has 0 saturated heterocycles. The van der Waals surface area contributed by atoms with Crippen LogP contribution in [0.25, 0.3) is 0 Å². The van der Waals surface area contributed by atoms with Crippen molar-refractivity contribution in [1.29, 1.82) is 0 Å². The maximum Gasteiger partial charge on any atom is 0.220 e. The molecule has 5 nitrogen and oxygen atoms in total. The van der Waals surface area contributed by atoms with Gasteiger partial charge in [0.25, 0.3) is 0 Å². The van der Waals surface area contributed by atoms with Crippen LogP contribution in [0, 0.1) is 0 Å². The molecule has 0 fully saturated rings. The monoisotopic (exact) mass is 537 g/mol. The van der Waals surface area contributed by atoms with Crippen molar-refractivity contribution in [3.63, 3.8) is 0 Å². The van der Waals surface area contributed by atoms with Crippen LogP contribution in [0.3, 0.4) is 0 Å². The SMILES string of the molecule is CCCC/C=C/CC/C=C/CCCC(O)C(O)C(CO)NC(=O)CCCCCCCCCCCCCCC. The molecular formula is C33H63NO4. The Kier molecular flexibility index (Phi) is 27.9. The lowest BCUT2D eigenvalue weighted by Crippen LogP contribution is -2.50. The van der Waals surface area contributed by atoms with Gasteiger partial charge in [0.15, 0.2) is 0 Å². The van der Waals surface area contributed by atoms with E-state index in [4.69, 9.17) is 0 Å². The average Bonchev–Trinajstić information content (AvgIpc) is 2.92. The highest BCUT2D eigenvalue weighted by atomic mass is 16.3. The third-order valence-electron chi connectivity index (χ3n) is 7.29. The van der Waals surface area contributed by atoms with Crippen molar-refractivity contribution in [3.05, 3.63) is 24.3 Å². The van der Waals surface area contributed by atoms with Gasteiger partial charge in [-0.05, 0) is 44.9 Å². The quantitative estimate of drug-likeness (QED) is 0.0603. The smallest absolute Gasteiger partial charge is 0.220 e. The van der Waals surface area contributed by atoms with Crippen molar-refractivity contribution in [2.45, 2.75) is 173 Å². The molecule has 0 bridgehead atoms. The average molecular weight is 538 g/mol. The molecule has 3 atom stereocenters. The molecule has 0 radical (unpaired) electrons. The fourth-order valence-corrected chi connectivity index (χ4v) is 4.69. The third kappa shape index (κ3) is 23.9. The van der Waals surface area contributed by atoms with Crippen LogP contribution in [-0.4, -0.2) is 46.1 Å². The largest absolute Gasteiger partial charge is 0.394 e. The van der Waals surface area contributed by atoms with Crippen LogP contribution in [0.15, 0.2) is 24.3 Å². The molecule has 0 saturated carbocycles. The number of carbonyl (C=O) groups excluding carboxylic acids is 1. The number of aliphatic hydroxyl groups is 3. The predicted molar refractivity (Wildman–Crippen MR) is 162 cm³/mol. The number of allylic oxidation sites excluding steroid dienone is 4. The Morgan fingerprint density at radius 3 is 1.58 bits per heavy atom. The van der Waals surface area contributed by atoms with Crippen LogP contribution in [0.5, 0.6) is 0 Å². The maximum absolute atomic E-state index is 12.3. The number of hydrogen-bond acceptors (Lipinski definition) is 4. The molecule has 0 heterocycles. The van der Waals surface area contributed by atoms with E-state index in [1.165, 1.54) is 77.0 Å². The predicted octanol–water partition coefficient (Wildman–Crippen LogP) is 7.92. The number of carbonyl (C=O) groups is 1. The first-order chi connectivity index (χ1) is 18.6. The highest BCUT2D eigenvalue weighted by molar-refractivity contribution is 5.76. The van der Waals surface area contributed by atoms with E-state index in [-0.39, 0.29) is 12.5 Å². The molecule has 5 heteroatoms. The summed E-state index contributed by atoms with van der Waals surface area (Å²) in [5.41, 5.74) is 0. The summed E-state index contributed by atoms with van der Waals surface area (Å²) in [6, 6.07) is -0.825. The highest BCUT2D eigenvalue weighted by Gasteiger charge is 2.26. The van der Waals surface area contributed by atoms with E-state index in [2.05, 4.69) is 43.5 Å². The summed E-state index contributed by atoms with van der Waals surface area (Å²) in [5.74, 6) is -0.162. The Morgan fingerprint density at radius 2 is 1.08 bits per heavy atom. The molecule has 0 spiro atoms. The Bertz CT molecular complexity index is 563. The van der Waals surface area contributed by atoms with Crippen LogP contribution in [0.4, 0.5) is 0 Å². The fourth-order valence-electron chi connectivity index (χ4n) is 4.69. The Hall–Kier alpha value is -1.17. The van der Waals surface area contributed by atoms with Crippen molar-refractivity contribution in [1.82, 2.24) is 5.32 Å². The lowest BCUT2D eigenvalue weighted by atomic mass is 10.0. The number of unbranched alkanes of at least 4 members (excludes halogenated alkanes) is 16. The summed E-state index contributed by atoms with van der Waals surface area (Å²) in [4.78, 5) is 12.3. The summed E-state index contributed by atoms with van der Waals surface area (Å²) in [7, 11) is 0. The van der Waals surface area contributed by atoms with Crippen LogP contribution in [-0.2, 0) is 4.79 Å². The molecule has 0 aliphatic heterocycles. The molecule has 1 amide bonds. The highest BCUT2D eigenvalue weighted by Crippen LogP contribution is 2.14. The van der Waals surface area contributed by atoms with Gasteiger partial charge >= 0.3 is 0 Å². The second-order valence-electron chi connectivity index (χ2n) is 11.0. The van der Waals surface area contributed by atoms with E-state index < -0.39 is 18.2 Å². The molecule has 0 aliphatic carbocycles. The second kappa shape index (κ2) is 28.8. The van der Waals surface area contributed by atoms with E-state index >= 15 is 0 Å². The Labute approximate surface area is 235 Å². The lowest BCUT2D eigenvalue weighted by molar-refractivity contribution is -0.124. The van der Waals surface area contributed by atoms with Gasteiger partial charge in [0.05, 0.1) is 18.8 Å². The van der Waals surface area contributed by atoms with E-state index in [0.29, 0.717) is 12.8 Å². The molecule has 0 aliphatic rings. The van der Waals surface area contributed by atoms with Gasteiger partial charge in [-0.15, -0.1) is 0 Å². The summed E-state index contributed by atoms with van der Waals surface area (Å²) >= 11 is 0. The maximum atomic E-state index is 12.3. The molecule has 3 unspecified atom stereocenters. The Morgan fingerprint density at radius 1 is 0.632 bits per heavy atom. The van der Waals surface area contributed by atoms with Gasteiger partial charge in [-0.3, -0.25) is 4.79 Å². The van der Waals surface area contributed by atoms with Crippen molar-refractivity contribution in [3.8, 4) is 0 Å². The summed E-state index contributed by atoms with van der Waals surface area (Å²) < 4.78 is 0. The fraction of sp³-hybridized carbons (Fsp3) is 0.848. The zero-order chi connectivity index (χ0) is 28.1. The van der Waals surface area contributed by atoms with Crippen molar-refractivity contribution in [2.24, 2.45) is 0 Å². The van der Waals surface area contributed by atoms with Crippen LogP contribution in [0.2, 0.25) is 0 Å². The van der Waals surface area contributed by atoms with Gasteiger partial charge in [0.1, 0.15) is 6.10 Å². The van der Waals surface area contributed by atoms with Crippen molar-refractivity contribution in [2.75, 3.05) is 6.61 Å². The number of rotatable bonds is 28. The first-order valence-electron chi connectivity index (χ1n) is 16.1. The minimum absolute atomic E-state index is 0.162. The topological polar surface area (TPSA) is 89.8 Å². The summed E-state index contributed by atoms with van der Waals surface area (Å²) in [6.07, 6.45) is 31.2. The van der Waals surface area contributed by atoms with E-state index in [1.807, 2.05) is 0 Å². The molecule has 0 aromatic heterocycles. The molecule has 0 rings (SSSR count). The van der Waals surface area contributed by atoms with Gasteiger partial charge in [-0.1, -0.05) is 128 Å². The number of nitrogens with one attached hydrogen (secondary N) is 1. The van der Waals surface area contributed by atoms with Gasteiger partial charge in [-0.25, -0.2) is 0 Å². The van der Waals surface area contributed by atoms with Gasteiger partial charge in [0, 0.05) is 6.42 Å². The zero-order valence-corrected chi connectivity index (χ0v) is 25.1. The van der Waals surface area contributed by atoms with Crippen LogP contribution >= 0.6 is 0 Å². The van der Waals surface area contributed by atoms with E-state index in [1.54, 1.807) is 0 Å². The zero-order valence-electron chi connectivity index (χ0n) is 25.1. The number of amides is 1. The van der Waals surface area contributed by atoms with Crippen molar-refractivity contribution >= 4 is 5.91 Å². The third-order valence-corrected chi connectivity index (χ3v) is 7.29. The summed E-state index contributed by atoms with van der Waals surface area (Å²) in [6.45, 7) is 4.08. The molecule has 0 aromatic carbocycles. The summed E-state index contributed by atoms with van der Waals surface area (Å²) in [5, 5.41) is 33.1. The minimum Gasteiger partial charge on any atom is -0.394 e. The van der Waals surface area contributed by atoms with Crippen LogP contribution in [0.1, 0.15) is 155 Å². The van der Waals surface area contributed by atoms with E-state index in [9.17, 15) is 20.1 Å². The first-order valence-corrected chi connectivity index (χ1v) is 16.1. The van der Waals surface area contributed by atoms with E-state index in [0.717, 1.165) is 51.4 Å². The first kappa shape index (κ1) is 36.8.